The van der Waals surface area contributed by atoms with Gasteiger partial charge in [0.2, 0.25) is 0 Å². The van der Waals surface area contributed by atoms with E-state index < -0.39 is 9.84 Å². The van der Waals surface area contributed by atoms with E-state index in [1.807, 2.05) is 13.8 Å². The van der Waals surface area contributed by atoms with Crippen LogP contribution in [0.1, 0.15) is 46.5 Å². The lowest BCUT2D eigenvalue weighted by molar-refractivity contribution is 0.166. The van der Waals surface area contributed by atoms with Crippen LogP contribution in [0.3, 0.4) is 0 Å². The van der Waals surface area contributed by atoms with Crippen molar-refractivity contribution < 1.29 is 8.42 Å². The van der Waals surface area contributed by atoms with Gasteiger partial charge in [0, 0.05) is 31.4 Å². The van der Waals surface area contributed by atoms with Crippen LogP contribution in [0.15, 0.2) is 4.99 Å². The Morgan fingerprint density at radius 3 is 2.67 bits per heavy atom. The number of hydrogen-bond acceptors (Lipinski definition) is 4. The number of halogens is 1. The van der Waals surface area contributed by atoms with Crippen molar-refractivity contribution >= 4 is 39.8 Å². The van der Waals surface area contributed by atoms with Crippen molar-refractivity contribution in [3.8, 4) is 0 Å². The quantitative estimate of drug-likeness (QED) is 0.319. The first kappa shape index (κ1) is 23.9. The minimum Gasteiger partial charge on any atom is -0.357 e. The van der Waals surface area contributed by atoms with Crippen molar-refractivity contribution in [2.45, 2.75) is 58.5 Å². The van der Waals surface area contributed by atoms with E-state index in [4.69, 9.17) is 0 Å². The van der Waals surface area contributed by atoms with E-state index >= 15 is 0 Å². The fraction of sp³-hybridized carbons (Fsp3) is 0.938. The summed E-state index contributed by atoms with van der Waals surface area (Å²) in [5, 5.41) is 6.53. The average Bonchev–Trinajstić information content (AvgIpc) is 2.46. The zero-order valence-electron chi connectivity index (χ0n) is 15.5. The summed E-state index contributed by atoms with van der Waals surface area (Å²) in [7, 11) is -2.91. The molecule has 0 aromatic heterocycles. The molecular weight excluding hydrogens is 439 g/mol. The Labute approximate surface area is 165 Å². The molecule has 0 aliphatic carbocycles. The van der Waals surface area contributed by atoms with Crippen molar-refractivity contribution in [1.82, 2.24) is 15.5 Å². The molecule has 0 saturated carbocycles. The number of nitrogens with zero attached hydrogens (tertiary/aromatic N) is 2. The van der Waals surface area contributed by atoms with Gasteiger partial charge in [-0.2, -0.15) is 0 Å². The summed E-state index contributed by atoms with van der Waals surface area (Å²) in [5.41, 5.74) is 0. The van der Waals surface area contributed by atoms with E-state index in [2.05, 4.69) is 27.4 Å². The highest BCUT2D eigenvalue weighted by Gasteiger charge is 2.17. The molecule has 0 bridgehead atoms. The maximum absolute atomic E-state index is 11.2. The van der Waals surface area contributed by atoms with Crippen LogP contribution in [0.5, 0.6) is 0 Å². The third kappa shape index (κ3) is 10.7. The molecule has 0 amide bonds. The normalized spacial score (nSPS) is 21.0. The van der Waals surface area contributed by atoms with Gasteiger partial charge in [-0.1, -0.05) is 6.42 Å². The third-order valence-electron chi connectivity index (χ3n) is 4.25. The summed E-state index contributed by atoms with van der Waals surface area (Å²) in [4.78, 5) is 7.13. The SMILES string of the molecule is CCNC(=NCCN1CCCCC1C)NC(C)CCS(C)(=O)=O.I. The van der Waals surface area contributed by atoms with Gasteiger partial charge in [0.25, 0.3) is 0 Å². The fourth-order valence-corrected chi connectivity index (χ4v) is 3.58. The smallest absolute Gasteiger partial charge is 0.191 e. The highest BCUT2D eigenvalue weighted by molar-refractivity contribution is 14.0. The van der Waals surface area contributed by atoms with Crippen molar-refractivity contribution in [2.75, 3.05) is 38.2 Å². The number of hydrogen-bond donors (Lipinski definition) is 2. The van der Waals surface area contributed by atoms with E-state index in [1.165, 1.54) is 32.1 Å². The van der Waals surface area contributed by atoms with Gasteiger partial charge in [-0.05, 0) is 46.6 Å². The van der Waals surface area contributed by atoms with Crippen LogP contribution in [0.2, 0.25) is 0 Å². The van der Waals surface area contributed by atoms with E-state index in [0.29, 0.717) is 12.5 Å². The lowest BCUT2D eigenvalue weighted by atomic mass is 10.0. The molecule has 24 heavy (non-hydrogen) atoms. The van der Waals surface area contributed by atoms with Gasteiger partial charge in [0.15, 0.2) is 5.96 Å². The Balaban J connectivity index is 0.00000529. The minimum atomic E-state index is -2.91. The number of sulfone groups is 1. The molecule has 0 radical (unpaired) electrons. The van der Waals surface area contributed by atoms with Gasteiger partial charge in [0.1, 0.15) is 9.84 Å². The molecule has 1 rings (SSSR count). The van der Waals surface area contributed by atoms with Gasteiger partial charge in [-0.3, -0.25) is 9.89 Å². The Morgan fingerprint density at radius 2 is 2.08 bits per heavy atom. The molecule has 0 aromatic rings. The van der Waals surface area contributed by atoms with Crippen LogP contribution in [0, 0.1) is 0 Å². The molecule has 2 atom stereocenters. The first-order valence-electron chi connectivity index (χ1n) is 8.78. The van der Waals surface area contributed by atoms with Crippen molar-refractivity contribution in [2.24, 2.45) is 4.99 Å². The summed E-state index contributed by atoms with van der Waals surface area (Å²) in [6.45, 7) is 10.0. The van der Waals surface area contributed by atoms with Gasteiger partial charge < -0.3 is 10.6 Å². The van der Waals surface area contributed by atoms with Crippen LogP contribution < -0.4 is 10.6 Å². The van der Waals surface area contributed by atoms with Crippen molar-refractivity contribution in [1.29, 1.82) is 0 Å². The van der Waals surface area contributed by atoms with Crippen LogP contribution in [0.25, 0.3) is 0 Å². The second-order valence-electron chi connectivity index (χ2n) is 6.61. The molecule has 144 valence electrons. The lowest BCUT2D eigenvalue weighted by Crippen LogP contribution is -2.44. The van der Waals surface area contributed by atoms with E-state index in [9.17, 15) is 8.42 Å². The first-order chi connectivity index (χ1) is 10.8. The molecule has 1 fully saturated rings. The second kappa shape index (κ2) is 12.3. The van der Waals surface area contributed by atoms with Gasteiger partial charge in [-0.25, -0.2) is 8.42 Å². The number of guanidine groups is 1. The molecular formula is C16H35IN4O2S. The Morgan fingerprint density at radius 1 is 1.38 bits per heavy atom. The zero-order valence-corrected chi connectivity index (χ0v) is 18.7. The van der Waals surface area contributed by atoms with E-state index in [0.717, 1.165) is 25.6 Å². The Hall–Kier alpha value is -0.0900. The second-order valence-corrected chi connectivity index (χ2v) is 8.87. The molecule has 2 N–H and O–H groups in total. The summed E-state index contributed by atoms with van der Waals surface area (Å²) in [5.74, 6) is 0.976. The number of rotatable bonds is 8. The van der Waals surface area contributed by atoms with Crippen LogP contribution in [-0.2, 0) is 9.84 Å². The van der Waals surface area contributed by atoms with Gasteiger partial charge in [0.05, 0.1) is 12.3 Å². The maximum atomic E-state index is 11.2. The highest BCUT2D eigenvalue weighted by atomic mass is 127. The van der Waals surface area contributed by atoms with Crippen LogP contribution in [-0.4, -0.2) is 69.5 Å². The highest BCUT2D eigenvalue weighted by Crippen LogP contribution is 2.15. The lowest BCUT2D eigenvalue weighted by Gasteiger charge is -2.32. The van der Waals surface area contributed by atoms with Gasteiger partial charge in [-0.15, -0.1) is 24.0 Å². The molecule has 0 spiro atoms. The summed E-state index contributed by atoms with van der Waals surface area (Å²) >= 11 is 0. The molecule has 6 nitrogen and oxygen atoms in total. The average molecular weight is 474 g/mol. The fourth-order valence-electron chi connectivity index (χ4n) is 2.80. The summed E-state index contributed by atoms with van der Waals surface area (Å²) in [6.07, 6.45) is 5.77. The maximum Gasteiger partial charge on any atom is 0.191 e. The topological polar surface area (TPSA) is 73.8 Å². The molecule has 2 unspecified atom stereocenters. The molecule has 1 aliphatic rings. The van der Waals surface area contributed by atoms with Crippen molar-refractivity contribution in [3.05, 3.63) is 0 Å². The molecule has 1 saturated heterocycles. The predicted octanol–water partition coefficient (Wildman–Crippen LogP) is 1.86. The number of aliphatic imine (C=N–C) groups is 1. The minimum absolute atomic E-state index is 0. The summed E-state index contributed by atoms with van der Waals surface area (Å²) < 4.78 is 22.5. The van der Waals surface area contributed by atoms with E-state index in [1.54, 1.807) is 0 Å². The predicted molar refractivity (Wildman–Crippen MR) is 113 cm³/mol. The standard InChI is InChI=1S/C16H34N4O2S.HI/c1-5-17-16(19-14(2)9-13-23(4,21)22)18-10-12-20-11-7-6-8-15(20)3;/h14-15H,5-13H2,1-4H3,(H2,17,18,19);1H. The van der Waals surface area contributed by atoms with Gasteiger partial charge >= 0.3 is 0 Å². The van der Waals surface area contributed by atoms with Crippen LogP contribution in [0.4, 0.5) is 0 Å². The molecule has 1 heterocycles. The number of likely N-dealkylation sites (tertiary alicyclic amines) is 1. The first-order valence-corrected chi connectivity index (χ1v) is 10.8. The third-order valence-corrected chi connectivity index (χ3v) is 5.22. The number of nitrogens with one attached hydrogen (secondary N) is 2. The molecule has 1 aliphatic heterocycles. The van der Waals surface area contributed by atoms with Crippen LogP contribution >= 0.6 is 24.0 Å². The monoisotopic (exact) mass is 474 g/mol. The molecule has 0 aromatic carbocycles. The zero-order chi connectivity index (χ0) is 17.3. The largest absolute Gasteiger partial charge is 0.357 e. The Bertz CT molecular complexity index is 471. The van der Waals surface area contributed by atoms with Crippen molar-refractivity contribution in [3.63, 3.8) is 0 Å². The number of piperidine rings is 1. The molecule has 8 heteroatoms. The van der Waals surface area contributed by atoms with E-state index in [-0.39, 0.29) is 35.8 Å². The summed E-state index contributed by atoms with van der Waals surface area (Å²) in [6, 6.07) is 0.736. The Kier molecular flexibility index (Phi) is 12.2.